The van der Waals surface area contributed by atoms with Crippen LogP contribution in [0, 0.1) is 5.82 Å². The predicted molar refractivity (Wildman–Crippen MR) is 132 cm³/mol. The van der Waals surface area contributed by atoms with E-state index < -0.39 is 0 Å². The van der Waals surface area contributed by atoms with Crippen molar-refractivity contribution in [1.29, 1.82) is 0 Å². The van der Waals surface area contributed by atoms with Crippen molar-refractivity contribution in [2.45, 2.75) is 26.3 Å². The molecule has 0 aliphatic carbocycles. The monoisotopic (exact) mass is 447 g/mol. The first-order valence-electron chi connectivity index (χ1n) is 10.6. The molecule has 4 aromatic rings. The summed E-state index contributed by atoms with van der Waals surface area (Å²) in [6.07, 6.45) is 4.97. The van der Waals surface area contributed by atoms with Gasteiger partial charge in [-0.2, -0.15) is 0 Å². The zero-order valence-corrected chi connectivity index (χ0v) is 17.6. The van der Waals surface area contributed by atoms with E-state index in [4.69, 9.17) is 11.5 Å². The number of pyridine rings is 1. The van der Waals surface area contributed by atoms with E-state index in [0.717, 1.165) is 46.0 Å². The molecule has 0 aliphatic heterocycles. The molecular weight excluding hydrogens is 417 g/mol. The van der Waals surface area contributed by atoms with Gasteiger partial charge in [-0.05, 0) is 66.4 Å². The number of rotatable bonds is 8. The van der Waals surface area contributed by atoms with E-state index in [1.54, 1.807) is 24.5 Å². The van der Waals surface area contributed by atoms with Gasteiger partial charge in [0.1, 0.15) is 11.5 Å². The average molecular weight is 448 g/mol. The fourth-order valence-electron chi connectivity index (χ4n) is 3.80. The number of nitrogens with two attached hydrogens (primary N) is 2. The molecule has 0 aliphatic rings. The molecule has 1 unspecified atom stereocenters. The SMILES string of the molecule is C.NCCCC(N)CNC(=O)c1[nH]c2cc(-c3ccc(F)cc3)ccc2c1-c1ccncc1. The molecule has 2 aromatic heterocycles. The topological polar surface area (TPSA) is 110 Å². The molecule has 7 heteroatoms. The van der Waals surface area contributed by atoms with E-state index in [1.807, 2.05) is 30.3 Å². The molecule has 1 amide bonds. The molecule has 172 valence electrons. The number of aromatic nitrogens is 2. The van der Waals surface area contributed by atoms with Gasteiger partial charge in [0, 0.05) is 41.4 Å². The fraction of sp³-hybridized carbons (Fsp3) is 0.231. The quantitative estimate of drug-likeness (QED) is 0.319. The Morgan fingerprint density at radius 2 is 1.73 bits per heavy atom. The van der Waals surface area contributed by atoms with Gasteiger partial charge in [0.15, 0.2) is 0 Å². The zero-order valence-electron chi connectivity index (χ0n) is 17.6. The summed E-state index contributed by atoms with van der Waals surface area (Å²) in [4.78, 5) is 20.5. The van der Waals surface area contributed by atoms with Crippen LogP contribution < -0.4 is 16.8 Å². The highest BCUT2D eigenvalue weighted by atomic mass is 19.1. The van der Waals surface area contributed by atoms with Crippen LogP contribution in [-0.4, -0.2) is 35.0 Å². The number of benzene rings is 2. The number of H-pyrrole nitrogens is 1. The average Bonchev–Trinajstić information content (AvgIpc) is 3.21. The van der Waals surface area contributed by atoms with Crippen molar-refractivity contribution >= 4 is 16.8 Å². The second-order valence-corrected chi connectivity index (χ2v) is 7.78. The summed E-state index contributed by atoms with van der Waals surface area (Å²) in [5.41, 5.74) is 16.4. The van der Waals surface area contributed by atoms with Crippen molar-refractivity contribution < 1.29 is 9.18 Å². The first-order valence-corrected chi connectivity index (χ1v) is 10.6. The van der Waals surface area contributed by atoms with E-state index in [-0.39, 0.29) is 25.2 Å². The van der Waals surface area contributed by atoms with Crippen LogP contribution in [0.5, 0.6) is 0 Å². The van der Waals surface area contributed by atoms with Crippen LogP contribution in [0.25, 0.3) is 33.2 Å². The Kier molecular flexibility index (Phi) is 7.92. The molecule has 33 heavy (non-hydrogen) atoms. The standard InChI is InChI=1S/C25H26FN5O.CH4/c26-19-6-3-16(4-7-19)18-5-8-21-22(14-18)31-24(23(21)17-9-12-29-13-10-17)25(32)30-15-20(28)2-1-11-27;/h3-10,12-14,20,31H,1-2,11,15,27-28H2,(H,30,32);1H4. The van der Waals surface area contributed by atoms with Gasteiger partial charge in [0.05, 0.1) is 0 Å². The molecule has 1 atom stereocenters. The Hall–Kier alpha value is -3.55. The maximum atomic E-state index is 13.3. The lowest BCUT2D eigenvalue weighted by atomic mass is 9.99. The van der Waals surface area contributed by atoms with Gasteiger partial charge in [-0.1, -0.05) is 31.7 Å². The molecule has 2 heterocycles. The lowest BCUT2D eigenvalue weighted by Crippen LogP contribution is -2.37. The molecule has 0 bridgehead atoms. The normalized spacial score (nSPS) is 11.7. The summed E-state index contributed by atoms with van der Waals surface area (Å²) in [5.74, 6) is -0.502. The maximum Gasteiger partial charge on any atom is 0.268 e. The summed E-state index contributed by atoms with van der Waals surface area (Å²) < 4.78 is 13.3. The fourth-order valence-corrected chi connectivity index (χ4v) is 3.80. The maximum absolute atomic E-state index is 13.3. The van der Waals surface area contributed by atoms with Crippen LogP contribution >= 0.6 is 0 Å². The van der Waals surface area contributed by atoms with Gasteiger partial charge >= 0.3 is 0 Å². The highest BCUT2D eigenvalue weighted by Gasteiger charge is 2.20. The minimum atomic E-state index is -0.279. The smallest absolute Gasteiger partial charge is 0.268 e. The highest BCUT2D eigenvalue weighted by Crippen LogP contribution is 2.34. The van der Waals surface area contributed by atoms with Gasteiger partial charge in [-0.15, -0.1) is 0 Å². The second-order valence-electron chi connectivity index (χ2n) is 7.78. The van der Waals surface area contributed by atoms with Crippen LogP contribution in [0.1, 0.15) is 30.8 Å². The van der Waals surface area contributed by atoms with E-state index in [2.05, 4.69) is 15.3 Å². The van der Waals surface area contributed by atoms with E-state index in [0.29, 0.717) is 18.8 Å². The van der Waals surface area contributed by atoms with E-state index in [9.17, 15) is 9.18 Å². The number of carbonyl (C=O) groups excluding carboxylic acids is 1. The van der Waals surface area contributed by atoms with Crippen LogP contribution in [0.4, 0.5) is 4.39 Å². The van der Waals surface area contributed by atoms with Gasteiger partial charge in [-0.3, -0.25) is 9.78 Å². The van der Waals surface area contributed by atoms with Crippen molar-refractivity contribution in [3.63, 3.8) is 0 Å². The van der Waals surface area contributed by atoms with Crippen LogP contribution in [0.3, 0.4) is 0 Å². The third-order valence-electron chi connectivity index (χ3n) is 5.48. The Bertz CT molecular complexity index is 1200. The summed E-state index contributed by atoms with van der Waals surface area (Å²) in [6.45, 7) is 0.942. The van der Waals surface area contributed by atoms with Crippen LogP contribution in [0.15, 0.2) is 67.0 Å². The first-order chi connectivity index (χ1) is 15.6. The third kappa shape index (κ3) is 5.45. The molecule has 0 spiro atoms. The summed E-state index contributed by atoms with van der Waals surface area (Å²) >= 11 is 0. The van der Waals surface area contributed by atoms with E-state index in [1.165, 1.54) is 12.1 Å². The van der Waals surface area contributed by atoms with Crippen molar-refractivity contribution in [1.82, 2.24) is 15.3 Å². The Labute approximate surface area is 193 Å². The number of hydrogen-bond acceptors (Lipinski definition) is 4. The minimum absolute atomic E-state index is 0. The van der Waals surface area contributed by atoms with E-state index >= 15 is 0 Å². The molecule has 6 N–H and O–H groups in total. The second kappa shape index (κ2) is 10.8. The number of nitrogens with zero attached hydrogens (tertiary/aromatic N) is 1. The van der Waals surface area contributed by atoms with Gasteiger partial charge in [0.25, 0.3) is 5.91 Å². The molecule has 4 rings (SSSR count). The van der Waals surface area contributed by atoms with Crippen molar-refractivity contribution in [2.24, 2.45) is 11.5 Å². The van der Waals surface area contributed by atoms with Gasteiger partial charge in [-0.25, -0.2) is 4.39 Å². The number of aromatic amines is 1. The molecule has 2 aromatic carbocycles. The summed E-state index contributed by atoms with van der Waals surface area (Å²) in [7, 11) is 0. The molecular formula is C26H30FN5O. The first kappa shape index (κ1) is 24.1. The number of carbonyl (C=O) groups is 1. The lowest BCUT2D eigenvalue weighted by Gasteiger charge is -2.12. The molecule has 0 saturated carbocycles. The van der Waals surface area contributed by atoms with Gasteiger partial charge in [0.2, 0.25) is 0 Å². The minimum Gasteiger partial charge on any atom is -0.350 e. The zero-order chi connectivity index (χ0) is 22.5. The van der Waals surface area contributed by atoms with Crippen molar-refractivity contribution in [2.75, 3.05) is 13.1 Å². The summed E-state index contributed by atoms with van der Waals surface area (Å²) in [6, 6.07) is 15.9. The van der Waals surface area contributed by atoms with Crippen molar-refractivity contribution in [3.8, 4) is 22.3 Å². The van der Waals surface area contributed by atoms with Crippen LogP contribution in [0.2, 0.25) is 0 Å². The number of hydrogen-bond donors (Lipinski definition) is 4. The number of halogens is 1. The molecule has 6 nitrogen and oxygen atoms in total. The Morgan fingerprint density at radius 3 is 2.42 bits per heavy atom. The molecule has 0 radical (unpaired) electrons. The lowest BCUT2D eigenvalue weighted by molar-refractivity contribution is 0.0947. The largest absolute Gasteiger partial charge is 0.350 e. The van der Waals surface area contributed by atoms with Gasteiger partial charge < -0.3 is 21.8 Å². The molecule has 0 saturated heterocycles. The Balaban J connectivity index is 0.00000306. The third-order valence-corrected chi connectivity index (χ3v) is 5.48. The highest BCUT2D eigenvalue weighted by molar-refractivity contribution is 6.10. The van der Waals surface area contributed by atoms with Crippen LogP contribution in [-0.2, 0) is 0 Å². The Morgan fingerprint density at radius 1 is 1.03 bits per heavy atom. The number of nitrogens with one attached hydrogen (secondary N) is 2. The van der Waals surface area contributed by atoms with Crippen molar-refractivity contribution in [3.05, 3.63) is 78.5 Å². The summed E-state index contributed by atoms with van der Waals surface area (Å²) in [5, 5.41) is 3.85. The number of amides is 1. The number of fused-ring (bicyclic) bond motifs is 1. The predicted octanol–water partition coefficient (Wildman–Crippen LogP) is 4.47. The molecule has 0 fully saturated rings.